The minimum Gasteiger partial charge on any atom is -0.355 e. The van der Waals surface area contributed by atoms with Crippen LogP contribution in [0.2, 0.25) is 0 Å². The fourth-order valence-electron chi connectivity index (χ4n) is 2.04. The molecule has 19 heavy (non-hydrogen) atoms. The molecule has 0 saturated carbocycles. The Morgan fingerprint density at radius 3 is 2.84 bits per heavy atom. The number of carbonyl (C=O) groups excluding carboxylic acids is 1. The summed E-state index contributed by atoms with van der Waals surface area (Å²) in [6.45, 7) is 4.66. The first-order valence-corrected chi connectivity index (χ1v) is 7.34. The molecular weight excluding hydrogens is 280 g/mol. The Morgan fingerprint density at radius 1 is 1.47 bits per heavy atom. The fraction of sp³-hybridized carbons (Fsp3) is 0.500. The van der Waals surface area contributed by atoms with Gasteiger partial charge < -0.3 is 10.6 Å². The van der Waals surface area contributed by atoms with Crippen molar-refractivity contribution in [3.63, 3.8) is 0 Å². The summed E-state index contributed by atoms with van der Waals surface area (Å²) in [6, 6.07) is 10.3. The minimum atomic E-state index is 0. The predicted octanol–water partition coefficient (Wildman–Crippen LogP) is 2.31. The maximum absolute atomic E-state index is 11.8. The smallest absolute Gasteiger partial charge is 0.224 e. The van der Waals surface area contributed by atoms with Crippen molar-refractivity contribution in [2.24, 2.45) is 5.92 Å². The molecule has 5 heteroatoms. The Labute approximate surface area is 125 Å². The molecule has 0 bridgehead atoms. The van der Waals surface area contributed by atoms with Gasteiger partial charge in [0.1, 0.15) is 0 Å². The minimum absolute atomic E-state index is 0. The molecule has 1 saturated heterocycles. The van der Waals surface area contributed by atoms with E-state index in [9.17, 15) is 4.79 Å². The highest BCUT2D eigenvalue weighted by Gasteiger charge is 2.22. The quantitative estimate of drug-likeness (QED) is 0.820. The second kappa shape index (κ2) is 8.46. The number of thioether (sulfide) groups is 1. The van der Waals surface area contributed by atoms with Crippen molar-refractivity contribution < 1.29 is 4.79 Å². The topological polar surface area (TPSA) is 41.1 Å². The van der Waals surface area contributed by atoms with Gasteiger partial charge in [-0.05, 0) is 25.1 Å². The normalized spacial score (nSPS) is 19.5. The lowest BCUT2D eigenvalue weighted by molar-refractivity contribution is -0.124. The molecule has 106 valence electrons. The van der Waals surface area contributed by atoms with Crippen molar-refractivity contribution in [1.82, 2.24) is 10.6 Å². The van der Waals surface area contributed by atoms with Crippen LogP contribution in [0.25, 0.3) is 0 Å². The van der Waals surface area contributed by atoms with Crippen molar-refractivity contribution >= 4 is 30.1 Å². The van der Waals surface area contributed by atoms with E-state index in [1.165, 1.54) is 4.90 Å². The summed E-state index contributed by atoms with van der Waals surface area (Å²) in [5.41, 5.74) is 0. The van der Waals surface area contributed by atoms with E-state index in [2.05, 4.69) is 29.7 Å². The van der Waals surface area contributed by atoms with Crippen LogP contribution in [0.4, 0.5) is 0 Å². The molecular formula is C14H21ClN2OS. The summed E-state index contributed by atoms with van der Waals surface area (Å²) >= 11 is 1.80. The number of halogens is 1. The van der Waals surface area contributed by atoms with Gasteiger partial charge in [-0.15, -0.1) is 24.2 Å². The van der Waals surface area contributed by atoms with Gasteiger partial charge in [0.2, 0.25) is 5.91 Å². The van der Waals surface area contributed by atoms with Gasteiger partial charge in [0.25, 0.3) is 0 Å². The molecule has 0 spiro atoms. The number of amides is 1. The first-order chi connectivity index (χ1) is 8.75. The van der Waals surface area contributed by atoms with Crippen LogP contribution >= 0.6 is 24.2 Å². The van der Waals surface area contributed by atoms with E-state index in [0.717, 1.165) is 26.1 Å². The molecule has 3 nitrogen and oxygen atoms in total. The molecule has 1 aromatic rings. The summed E-state index contributed by atoms with van der Waals surface area (Å²) in [7, 11) is 0. The molecule has 0 aliphatic carbocycles. The van der Waals surface area contributed by atoms with Crippen LogP contribution in [-0.4, -0.2) is 30.8 Å². The third-order valence-electron chi connectivity index (χ3n) is 3.08. The Bertz CT molecular complexity index is 382. The number of nitrogens with one attached hydrogen (secondary N) is 2. The maximum atomic E-state index is 11.8. The lowest BCUT2D eigenvalue weighted by atomic mass is 10.1. The molecule has 1 aromatic carbocycles. The van der Waals surface area contributed by atoms with Crippen LogP contribution in [0.5, 0.6) is 0 Å². The Kier molecular flexibility index (Phi) is 7.28. The predicted molar refractivity (Wildman–Crippen MR) is 83.0 cm³/mol. The van der Waals surface area contributed by atoms with Crippen molar-refractivity contribution in [2.45, 2.75) is 23.5 Å². The van der Waals surface area contributed by atoms with E-state index in [4.69, 9.17) is 0 Å². The monoisotopic (exact) mass is 300 g/mol. The molecule has 1 amide bonds. The van der Waals surface area contributed by atoms with E-state index in [1.54, 1.807) is 11.8 Å². The van der Waals surface area contributed by atoms with Crippen LogP contribution < -0.4 is 10.6 Å². The van der Waals surface area contributed by atoms with Gasteiger partial charge in [-0.2, -0.15) is 0 Å². The number of hydrogen-bond acceptors (Lipinski definition) is 3. The SMILES string of the molecule is CC(CNC(=O)C1CCNC1)Sc1ccccc1.Cl. The molecule has 2 unspecified atom stereocenters. The van der Waals surface area contributed by atoms with Crippen molar-refractivity contribution in [3.8, 4) is 0 Å². The molecule has 2 N–H and O–H groups in total. The maximum Gasteiger partial charge on any atom is 0.224 e. The number of rotatable bonds is 5. The summed E-state index contributed by atoms with van der Waals surface area (Å²) in [5.74, 6) is 0.361. The van der Waals surface area contributed by atoms with Gasteiger partial charge >= 0.3 is 0 Å². The third kappa shape index (κ3) is 5.43. The zero-order valence-electron chi connectivity index (χ0n) is 11.1. The number of hydrogen-bond donors (Lipinski definition) is 2. The zero-order chi connectivity index (χ0) is 12.8. The van der Waals surface area contributed by atoms with Gasteiger partial charge in [-0.25, -0.2) is 0 Å². The Balaban J connectivity index is 0.00000180. The first-order valence-electron chi connectivity index (χ1n) is 6.46. The van der Waals surface area contributed by atoms with E-state index >= 15 is 0 Å². The van der Waals surface area contributed by atoms with Crippen LogP contribution in [0.15, 0.2) is 35.2 Å². The van der Waals surface area contributed by atoms with Crippen LogP contribution in [0, 0.1) is 5.92 Å². The Morgan fingerprint density at radius 2 is 2.21 bits per heavy atom. The van der Waals surface area contributed by atoms with E-state index in [1.807, 2.05) is 18.2 Å². The standard InChI is InChI=1S/C14H20N2OS.ClH/c1-11(18-13-5-3-2-4-6-13)9-16-14(17)12-7-8-15-10-12;/h2-6,11-12,15H,7-10H2,1H3,(H,16,17);1H. The second-order valence-corrected chi connectivity index (χ2v) is 6.19. The highest BCUT2D eigenvalue weighted by molar-refractivity contribution is 8.00. The molecule has 0 aromatic heterocycles. The highest BCUT2D eigenvalue weighted by Crippen LogP contribution is 2.22. The first kappa shape index (κ1) is 16.3. The Hall–Kier alpha value is -0.710. The largest absolute Gasteiger partial charge is 0.355 e. The van der Waals surface area contributed by atoms with Crippen LogP contribution in [0.1, 0.15) is 13.3 Å². The highest BCUT2D eigenvalue weighted by atomic mass is 35.5. The van der Waals surface area contributed by atoms with E-state index < -0.39 is 0 Å². The molecule has 1 fully saturated rings. The zero-order valence-corrected chi connectivity index (χ0v) is 12.7. The van der Waals surface area contributed by atoms with Gasteiger partial charge in [0.15, 0.2) is 0 Å². The second-order valence-electron chi connectivity index (χ2n) is 4.68. The lowest BCUT2D eigenvalue weighted by Gasteiger charge is -2.14. The van der Waals surface area contributed by atoms with E-state index in [0.29, 0.717) is 5.25 Å². The van der Waals surface area contributed by atoms with Gasteiger partial charge in [-0.3, -0.25) is 4.79 Å². The summed E-state index contributed by atoms with van der Waals surface area (Å²) in [6.07, 6.45) is 0.964. The van der Waals surface area contributed by atoms with Crippen molar-refractivity contribution in [2.75, 3.05) is 19.6 Å². The summed E-state index contributed by atoms with van der Waals surface area (Å²) < 4.78 is 0. The molecule has 1 aliphatic rings. The van der Waals surface area contributed by atoms with Crippen LogP contribution in [0.3, 0.4) is 0 Å². The summed E-state index contributed by atoms with van der Waals surface area (Å²) in [5, 5.41) is 6.65. The van der Waals surface area contributed by atoms with Gasteiger partial charge in [0, 0.05) is 23.2 Å². The summed E-state index contributed by atoms with van der Waals surface area (Å²) in [4.78, 5) is 13.1. The molecule has 1 heterocycles. The third-order valence-corrected chi connectivity index (χ3v) is 4.19. The fourth-order valence-corrected chi connectivity index (χ4v) is 2.99. The average Bonchev–Trinajstić information content (AvgIpc) is 2.91. The molecule has 1 aliphatic heterocycles. The molecule has 2 atom stereocenters. The van der Waals surface area contributed by atoms with Crippen molar-refractivity contribution in [3.05, 3.63) is 30.3 Å². The molecule has 0 radical (unpaired) electrons. The number of carbonyl (C=O) groups is 1. The van der Waals surface area contributed by atoms with Crippen LogP contribution in [-0.2, 0) is 4.79 Å². The van der Waals surface area contributed by atoms with Crippen molar-refractivity contribution in [1.29, 1.82) is 0 Å². The number of benzene rings is 1. The van der Waals surface area contributed by atoms with E-state index in [-0.39, 0.29) is 24.2 Å². The molecule has 2 rings (SSSR count). The average molecular weight is 301 g/mol. The lowest BCUT2D eigenvalue weighted by Crippen LogP contribution is -2.35. The van der Waals surface area contributed by atoms with Gasteiger partial charge in [-0.1, -0.05) is 25.1 Å². The van der Waals surface area contributed by atoms with Gasteiger partial charge in [0.05, 0.1) is 5.92 Å².